The topological polar surface area (TPSA) is 45.1 Å². The van der Waals surface area contributed by atoms with Crippen molar-refractivity contribution in [2.45, 2.75) is 32.5 Å². The standard InChI is InChI=1S/C10H15F3N2OS/c1-6(2)9(3,16)5-15-8-14-4-7(17-8)10(11,12)13/h4,6,16H,5H2,1-3H3,(H,14,15). The molecule has 1 heterocycles. The molecule has 2 N–H and O–H groups in total. The van der Waals surface area contributed by atoms with E-state index in [1.165, 1.54) is 0 Å². The maximum atomic E-state index is 12.3. The van der Waals surface area contributed by atoms with Crippen LogP contribution in [0.2, 0.25) is 0 Å². The second kappa shape index (κ2) is 4.81. The highest BCUT2D eigenvalue weighted by molar-refractivity contribution is 7.15. The lowest BCUT2D eigenvalue weighted by Gasteiger charge is -2.27. The Balaban J connectivity index is 2.63. The summed E-state index contributed by atoms with van der Waals surface area (Å²) in [4.78, 5) is 2.88. The van der Waals surface area contributed by atoms with Crippen LogP contribution in [0.4, 0.5) is 18.3 Å². The van der Waals surface area contributed by atoms with Crippen LogP contribution in [0.15, 0.2) is 6.20 Å². The van der Waals surface area contributed by atoms with E-state index >= 15 is 0 Å². The van der Waals surface area contributed by atoms with Crippen molar-refractivity contribution in [3.8, 4) is 0 Å². The second-order valence-corrected chi connectivity index (χ2v) is 5.42. The van der Waals surface area contributed by atoms with Crippen LogP contribution in [-0.2, 0) is 6.18 Å². The number of nitrogens with one attached hydrogen (secondary N) is 1. The molecule has 7 heteroatoms. The SMILES string of the molecule is CC(C)C(C)(O)CNc1ncc(C(F)(F)F)s1. The molecule has 1 unspecified atom stereocenters. The number of halogens is 3. The van der Waals surface area contributed by atoms with E-state index in [4.69, 9.17) is 0 Å². The monoisotopic (exact) mass is 268 g/mol. The Morgan fingerprint density at radius 1 is 1.47 bits per heavy atom. The predicted octanol–water partition coefficient (Wildman–Crippen LogP) is 2.98. The fraction of sp³-hybridized carbons (Fsp3) is 0.700. The second-order valence-electron chi connectivity index (χ2n) is 4.39. The zero-order chi connectivity index (χ0) is 13.3. The van der Waals surface area contributed by atoms with Crippen molar-refractivity contribution >= 4 is 16.5 Å². The Morgan fingerprint density at radius 3 is 2.47 bits per heavy atom. The van der Waals surface area contributed by atoms with E-state index in [-0.39, 0.29) is 17.6 Å². The molecule has 0 aliphatic carbocycles. The first-order valence-electron chi connectivity index (χ1n) is 5.12. The Morgan fingerprint density at radius 2 is 2.06 bits per heavy atom. The molecule has 17 heavy (non-hydrogen) atoms. The van der Waals surface area contributed by atoms with Crippen molar-refractivity contribution in [2.24, 2.45) is 5.92 Å². The van der Waals surface area contributed by atoms with E-state index in [9.17, 15) is 18.3 Å². The zero-order valence-electron chi connectivity index (χ0n) is 9.80. The highest BCUT2D eigenvalue weighted by atomic mass is 32.1. The number of aromatic nitrogens is 1. The van der Waals surface area contributed by atoms with E-state index < -0.39 is 16.7 Å². The molecule has 0 aliphatic rings. The van der Waals surface area contributed by atoms with Crippen LogP contribution in [0.1, 0.15) is 25.6 Å². The summed E-state index contributed by atoms with van der Waals surface area (Å²) in [6.07, 6.45) is -3.57. The van der Waals surface area contributed by atoms with Crippen LogP contribution in [0.5, 0.6) is 0 Å². The Labute approximate surface area is 102 Å². The van der Waals surface area contributed by atoms with Crippen molar-refractivity contribution in [3.63, 3.8) is 0 Å². The van der Waals surface area contributed by atoms with Crippen LogP contribution >= 0.6 is 11.3 Å². The Bertz CT molecular complexity index is 374. The van der Waals surface area contributed by atoms with Gasteiger partial charge in [0.25, 0.3) is 0 Å². The summed E-state index contributed by atoms with van der Waals surface area (Å²) in [6.45, 7) is 5.47. The normalized spacial score (nSPS) is 16.0. The predicted molar refractivity (Wildman–Crippen MR) is 61.1 cm³/mol. The van der Waals surface area contributed by atoms with E-state index in [2.05, 4.69) is 10.3 Å². The lowest BCUT2D eigenvalue weighted by atomic mass is 9.93. The van der Waals surface area contributed by atoms with Gasteiger partial charge in [-0.25, -0.2) is 4.98 Å². The van der Waals surface area contributed by atoms with E-state index in [1.54, 1.807) is 6.92 Å². The van der Waals surface area contributed by atoms with Gasteiger partial charge < -0.3 is 10.4 Å². The molecule has 1 atom stereocenters. The Kier molecular flexibility index (Phi) is 4.03. The van der Waals surface area contributed by atoms with Crippen LogP contribution in [0.3, 0.4) is 0 Å². The number of aliphatic hydroxyl groups is 1. The molecule has 1 rings (SSSR count). The zero-order valence-corrected chi connectivity index (χ0v) is 10.6. The molecule has 1 aromatic rings. The van der Waals surface area contributed by atoms with Crippen molar-refractivity contribution in [1.29, 1.82) is 0 Å². The Hall–Kier alpha value is -0.820. The molecule has 0 saturated carbocycles. The third kappa shape index (κ3) is 3.85. The first-order chi connectivity index (χ1) is 7.63. The summed E-state index contributed by atoms with van der Waals surface area (Å²) in [5.74, 6) is -0.00273. The maximum Gasteiger partial charge on any atom is 0.427 e. The maximum absolute atomic E-state index is 12.3. The minimum atomic E-state index is -4.36. The largest absolute Gasteiger partial charge is 0.427 e. The molecule has 98 valence electrons. The van der Waals surface area contributed by atoms with Crippen molar-refractivity contribution in [2.75, 3.05) is 11.9 Å². The molecule has 3 nitrogen and oxygen atoms in total. The summed E-state index contributed by atoms with van der Waals surface area (Å²) in [7, 11) is 0. The molecule has 0 saturated heterocycles. The van der Waals surface area contributed by atoms with Crippen LogP contribution in [-0.4, -0.2) is 22.2 Å². The smallest absolute Gasteiger partial charge is 0.388 e. The molecule has 0 amide bonds. The van der Waals surface area contributed by atoms with Gasteiger partial charge in [-0.15, -0.1) is 0 Å². The van der Waals surface area contributed by atoms with Gasteiger partial charge in [-0.1, -0.05) is 25.2 Å². The highest BCUT2D eigenvalue weighted by Crippen LogP contribution is 2.35. The summed E-state index contributed by atoms with van der Waals surface area (Å²) in [5.41, 5.74) is -0.982. The third-order valence-electron chi connectivity index (χ3n) is 2.63. The van der Waals surface area contributed by atoms with E-state index in [0.29, 0.717) is 11.3 Å². The van der Waals surface area contributed by atoms with Gasteiger partial charge in [0, 0.05) is 6.54 Å². The summed E-state index contributed by atoms with van der Waals surface area (Å²) < 4.78 is 36.9. The van der Waals surface area contributed by atoms with E-state index in [1.807, 2.05) is 13.8 Å². The minimum Gasteiger partial charge on any atom is -0.388 e. The molecule has 1 aromatic heterocycles. The number of hydrogen-bond acceptors (Lipinski definition) is 4. The number of hydrogen-bond donors (Lipinski definition) is 2. The summed E-state index contributed by atoms with van der Waals surface area (Å²) in [5, 5.41) is 12.8. The van der Waals surface area contributed by atoms with Crippen LogP contribution < -0.4 is 5.32 Å². The van der Waals surface area contributed by atoms with Gasteiger partial charge in [-0.3, -0.25) is 0 Å². The molecule has 0 aliphatic heterocycles. The van der Waals surface area contributed by atoms with Gasteiger partial charge in [0.15, 0.2) is 5.13 Å². The molecular formula is C10H15F3N2OS. The van der Waals surface area contributed by atoms with Gasteiger partial charge >= 0.3 is 6.18 Å². The summed E-state index contributed by atoms with van der Waals surface area (Å²) in [6, 6.07) is 0. The molecule has 0 bridgehead atoms. The fourth-order valence-electron chi connectivity index (χ4n) is 0.946. The number of anilines is 1. The molecule has 0 radical (unpaired) electrons. The van der Waals surface area contributed by atoms with Crippen molar-refractivity contribution < 1.29 is 18.3 Å². The quantitative estimate of drug-likeness (QED) is 0.882. The van der Waals surface area contributed by atoms with Gasteiger partial charge in [0.2, 0.25) is 0 Å². The average molecular weight is 268 g/mol. The van der Waals surface area contributed by atoms with Crippen LogP contribution in [0.25, 0.3) is 0 Å². The van der Waals surface area contributed by atoms with Crippen molar-refractivity contribution in [3.05, 3.63) is 11.1 Å². The minimum absolute atomic E-state index is 0.00273. The van der Waals surface area contributed by atoms with Gasteiger partial charge in [-0.05, 0) is 12.8 Å². The fourth-order valence-corrected chi connectivity index (χ4v) is 1.62. The van der Waals surface area contributed by atoms with E-state index in [0.717, 1.165) is 6.20 Å². The highest BCUT2D eigenvalue weighted by Gasteiger charge is 2.33. The number of rotatable bonds is 4. The molecular weight excluding hydrogens is 253 g/mol. The van der Waals surface area contributed by atoms with Gasteiger partial charge in [0.1, 0.15) is 4.88 Å². The number of thiazole rings is 1. The number of alkyl halides is 3. The molecule has 0 aromatic carbocycles. The lowest BCUT2D eigenvalue weighted by molar-refractivity contribution is -0.134. The first-order valence-corrected chi connectivity index (χ1v) is 5.94. The molecule has 0 fully saturated rings. The third-order valence-corrected chi connectivity index (χ3v) is 3.63. The van der Waals surface area contributed by atoms with Crippen molar-refractivity contribution in [1.82, 2.24) is 4.98 Å². The summed E-state index contributed by atoms with van der Waals surface area (Å²) >= 11 is 0.534. The van der Waals surface area contributed by atoms with Gasteiger partial charge in [-0.2, -0.15) is 13.2 Å². The van der Waals surface area contributed by atoms with Crippen LogP contribution in [0, 0.1) is 5.92 Å². The molecule has 0 spiro atoms. The first kappa shape index (κ1) is 14.2. The average Bonchev–Trinajstić information content (AvgIpc) is 2.62. The lowest BCUT2D eigenvalue weighted by Crippen LogP contribution is -2.38. The number of nitrogens with zero attached hydrogens (tertiary/aromatic N) is 1. The van der Waals surface area contributed by atoms with Gasteiger partial charge in [0.05, 0.1) is 11.8 Å².